The molecule has 0 saturated heterocycles. The van der Waals surface area contributed by atoms with Gasteiger partial charge in [0.25, 0.3) is 6.43 Å². The van der Waals surface area contributed by atoms with Gasteiger partial charge in [0, 0.05) is 16.9 Å². The summed E-state index contributed by atoms with van der Waals surface area (Å²) >= 11 is 4.78. The van der Waals surface area contributed by atoms with E-state index in [1.807, 2.05) is 0 Å². The molecule has 0 amide bonds. The van der Waals surface area contributed by atoms with Crippen LogP contribution in [-0.2, 0) is 6.54 Å². The normalized spacial score (nSPS) is 10.5. The minimum atomic E-state index is -2.31. The number of nitrogens with zero attached hydrogens (tertiary/aromatic N) is 1. The average molecular weight is 175 g/mol. The van der Waals surface area contributed by atoms with Gasteiger partial charge in [-0.2, -0.15) is 0 Å². The zero-order valence-corrected chi connectivity index (χ0v) is 6.52. The molecule has 1 heterocycles. The SMILES string of the molecule is FC(F)Cn1ccc(=S)cc1. The molecule has 0 aliphatic carbocycles. The fraction of sp³-hybridized carbons (Fsp3) is 0.286. The zero-order valence-electron chi connectivity index (χ0n) is 5.71. The first-order valence-electron chi connectivity index (χ1n) is 3.13. The molecular formula is C7H7F2NS. The van der Waals surface area contributed by atoms with Gasteiger partial charge in [0.2, 0.25) is 0 Å². The van der Waals surface area contributed by atoms with Crippen molar-refractivity contribution >= 4 is 12.2 Å². The van der Waals surface area contributed by atoms with Crippen LogP contribution in [0.4, 0.5) is 8.78 Å². The predicted octanol–water partition coefficient (Wildman–Crippen LogP) is 2.48. The largest absolute Gasteiger partial charge is 0.348 e. The lowest BCUT2D eigenvalue weighted by atomic mass is 10.5. The van der Waals surface area contributed by atoms with Crippen LogP contribution < -0.4 is 0 Å². The highest BCUT2D eigenvalue weighted by Gasteiger charge is 2.00. The van der Waals surface area contributed by atoms with Crippen LogP contribution in [0.15, 0.2) is 24.5 Å². The summed E-state index contributed by atoms with van der Waals surface area (Å²) in [5, 5.41) is 0. The summed E-state index contributed by atoms with van der Waals surface area (Å²) in [4.78, 5) is 0. The summed E-state index contributed by atoms with van der Waals surface area (Å²) in [7, 11) is 0. The Labute approximate surface area is 68.3 Å². The molecule has 0 radical (unpaired) electrons. The average Bonchev–Trinajstić information content (AvgIpc) is 1.93. The third-order valence-electron chi connectivity index (χ3n) is 1.21. The molecule has 0 spiro atoms. The van der Waals surface area contributed by atoms with Crippen molar-refractivity contribution < 1.29 is 8.78 Å². The van der Waals surface area contributed by atoms with Gasteiger partial charge in [-0.25, -0.2) is 8.78 Å². The Morgan fingerprint density at radius 3 is 2.36 bits per heavy atom. The van der Waals surface area contributed by atoms with Gasteiger partial charge < -0.3 is 4.57 Å². The second-order valence-corrected chi connectivity index (χ2v) is 2.59. The molecule has 0 aromatic carbocycles. The Balaban J connectivity index is 2.74. The van der Waals surface area contributed by atoms with E-state index >= 15 is 0 Å². The third-order valence-corrected chi connectivity index (χ3v) is 1.48. The van der Waals surface area contributed by atoms with Crippen LogP contribution in [0.2, 0.25) is 0 Å². The first-order chi connectivity index (χ1) is 5.18. The van der Waals surface area contributed by atoms with Gasteiger partial charge in [0.05, 0.1) is 6.54 Å². The van der Waals surface area contributed by atoms with E-state index in [-0.39, 0.29) is 6.54 Å². The van der Waals surface area contributed by atoms with E-state index in [2.05, 4.69) is 0 Å². The monoisotopic (exact) mass is 175 g/mol. The predicted molar refractivity (Wildman–Crippen MR) is 41.3 cm³/mol. The molecule has 0 aliphatic rings. The first kappa shape index (κ1) is 8.33. The Hall–Kier alpha value is -0.770. The second kappa shape index (κ2) is 3.57. The second-order valence-electron chi connectivity index (χ2n) is 2.12. The van der Waals surface area contributed by atoms with Crippen molar-refractivity contribution in [2.45, 2.75) is 13.0 Å². The number of rotatable bonds is 2. The van der Waals surface area contributed by atoms with Crippen molar-refractivity contribution in [3.05, 3.63) is 29.0 Å². The molecular weight excluding hydrogens is 168 g/mol. The molecule has 1 rings (SSSR count). The molecule has 0 unspecified atom stereocenters. The maximum absolute atomic E-state index is 11.8. The lowest BCUT2D eigenvalue weighted by molar-refractivity contribution is 0.126. The van der Waals surface area contributed by atoms with E-state index in [0.29, 0.717) is 4.51 Å². The number of alkyl halides is 2. The summed E-state index contributed by atoms with van der Waals surface area (Å²) in [5.41, 5.74) is 0. The quantitative estimate of drug-likeness (QED) is 0.625. The Kier molecular flexibility index (Phi) is 2.70. The van der Waals surface area contributed by atoms with Crippen LogP contribution in [0.3, 0.4) is 0 Å². The van der Waals surface area contributed by atoms with E-state index in [0.717, 1.165) is 0 Å². The van der Waals surface area contributed by atoms with Crippen LogP contribution in [0, 0.1) is 4.51 Å². The molecule has 1 nitrogen and oxygen atoms in total. The van der Waals surface area contributed by atoms with Crippen LogP contribution in [-0.4, -0.2) is 11.0 Å². The van der Waals surface area contributed by atoms with Gasteiger partial charge in [-0.15, -0.1) is 0 Å². The molecule has 1 aromatic rings. The molecule has 0 fully saturated rings. The number of halogens is 2. The maximum atomic E-state index is 11.8. The highest BCUT2D eigenvalue weighted by molar-refractivity contribution is 7.71. The summed E-state index contributed by atoms with van der Waals surface area (Å²) in [6, 6.07) is 3.25. The Morgan fingerprint density at radius 2 is 1.91 bits per heavy atom. The lowest BCUT2D eigenvalue weighted by Gasteiger charge is -2.03. The van der Waals surface area contributed by atoms with Gasteiger partial charge in [-0.3, -0.25) is 0 Å². The molecule has 1 aromatic heterocycles. The van der Waals surface area contributed by atoms with Crippen LogP contribution in [0.25, 0.3) is 0 Å². The minimum absolute atomic E-state index is 0.268. The molecule has 11 heavy (non-hydrogen) atoms. The number of hydrogen-bond donors (Lipinski definition) is 0. The molecule has 4 heteroatoms. The Bertz CT molecular complexity index is 262. The molecule has 0 atom stereocenters. The van der Waals surface area contributed by atoms with Crippen molar-refractivity contribution in [1.29, 1.82) is 0 Å². The van der Waals surface area contributed by atoms with Crippen molar-refractivity contribution in [1.82, 2.24) is 4.57 Å². The van der Waals surface area contributed by atoms with Gasteiger partial charge in [-0.05, 0) is 12.1 Å². The van der Waals surface area contributed by atoms with Crippen LogP contribution in [0.1, 0.15) is 0 Å². The van der Waals surface area contributed by atoms with Gasteiger partial charge >= 0.3 is 0 Å². The summed E-state index contributed by atoms with van der Waals surface area (Å²) in [6.07, 6.45) is 0.791. The zero-order chi connectivity index (χ0) is 8.27. The molecule has 60 valence electrons. The highest BCUT2D eigenvalue weighted by Crippen LogP contribution is 1.98. The van der Waals surface area contributed by atoms with E-state index < -0.39 is 6.43 Å². The number of aromatic nitrogens is 1. The number of pyridine rings is 1. The molecule has 0 saturated carbocycles. The van der Waals surface area contributed by atoms with Gasteiger partial charge in [0.1, 0.15) is 0 Å². The van der Waals surface area contributed by atoms with Gasteiger partial charge in [-0.1, -0.05) is 12.2 Å². The van der Waals surface area contributed by atoms with Crippen molar-refractivity contribution in [3.63, 3.8) is 0 Å². The fourth-order valence-electron chi connectivity index (χ4n) is 0.725. The van der Waals surface area contributed by atoms with Crippen molar-refractivity contribution in [2.24, 2.45) is 0 Å². The standard InChI is InChI=1S/C7H7F2NS/c8-7(9)5-10-3-1-6(11)2-4-10/h1-4,7H,5H2. The van der Waals surface area contributed by atoms with Crippen LogP contribution >= 0.6 is 12.2 Å². The summed E-state index contributed by atoms with van der Waals surface area (Å²) in [5.74, 6) is 0. The maximum Gasteiger partial charge on any atom is 0.256 e. The van der Waals surface area contributed by atoms with E-state index in [1.54, 1.807) is 24.5 Å². The molecule has 0 N–H and O–H groups in total. The topological polar surface area (TPSA) is 4.93 Å². The smallest absolute Gasteiger partial charge is 0.256 e. The molecule has 0 bridgehead atoms. The first-order valence-corrected chi connectivity index (χ1v) is 3.53. The van der Waals surface area contributed by atoms with Crippen molar-refractivity contribution in [2.75, 3.05) is 0 Å². The van der Waals surface area contributed by atoms with Crippen LogP contribution in [0.5, 0.6) is 0 Å². The van der Waals surface area contributed by atoms with E-state index in [1.165, 1.54) is 4.57 Å². The highest BCUT2D eigenvalue weighted by atomic mass is 32.1. The number of hydrogen-bond acceptors (Lipinski definition) is 1. The summed E-state index contributed by atoms with van der Waals surface area (Å²) in [6.45, 7) is -0.268. The molecule has 0 aliphatic heterocycles. The fourth-order valence-corrected chi connectivity index (χ4v) is 0.846. The lowest BCUT2D eigenvalue weighted by Crippen LogP contribution is -2.05. The van der Waals surface area contributed by atoms with Crippen molar-refractivity contribution in [3.8, 4) is 0 Å². The van der Waals surface area contributed by atoms with Gasteiger partial charge in [0.15, 0.2) is 0 Å². The van der Waals surface area contributed by atoms with E-state index in [9.17, 15) is 8.78 Å². The minimum Gasteiger partial charge on any atom is -0.348 e. The third kappa shape index (κ3) is 2.76. The Morgan fingerprint density at radius 1 is 1.36 bits per heavy atom. The van der Waals surface area contributed by atoms with E-state index in [4.69, 9.17) is 12.2 Å². The summed E-state index contributed by atoms with van der Waals surface area (Å²) < 4.78 is 25.6.